The second-order valence-electron chi connectivity index (χ2n) is 7.25. The van der Waals surface area contributed by atoms with E-state index in [1.54, 1.807) is 17.0 Å². The molecule has 3 amide bonds. The second kappa shape index (κ2) is 7.66. The minimum absolute atomic E-state index is 0.0484. The first kappa shape index (κ1) is 18.4. The Hall–Kier alpha value is -3.62. The summed E-state index contributed by atoms with van der Waals surface area (Å²) < 4.78 is 21.7. The summed E-state index contributed by atoms with van der Waals surface area (Å²) in [5.74, 6) is 2.63. The average molecular weight is 411 g/mol. The van der Waals surface area contributed by atoms with Gasteiger partial charge in [-0.05, 0) is 29.8 Å². The van der Waals surface area contributed by atoms with Crippen molar-refractivity contribution in [3.8, 4) is 23.0 Å². The second-order valence-corrected chi connectivity index (χ2v) is 7.25. The number of amides is 3. The van der Waals surface area contributed by atoms with E-state index < -0.39 is 0 Å². The number of nitrogens with one attached hydrogen (secondary N) is 2. The van der Waals surface area contributed by atoms with E-state index in [0.717, 1.165) is 11.3 Å². The molecule has 9 nitrogen and oxygen atoms in total. The Bertz CT molecular complexity index is 995. The highest BCUT2D eigenvalue weighted by Crippen LogP contribution is 2.35. The van der Waals surface area contributed by atoms with Crippen LogP contribution in [-0.4, -0.2) is 44.5 Å². The highest BCUT2D eigenvalue weighted by Gasteiger charge is 2.32. The highest BCUT2D eigenvalue weighted by molar-refractivity contribution is 5.97. The van der Waals surface area contributed by atoms with E-state index in [0.29, 0.717) is 49.3 Å². The van der Waals surface area contributed by atoms with Gasteiger partial charge in [-0.25, -0.2) is 4.79 Å². The summed E-state index contributed by atoms with van der Waals surface area (Å²) in [7, 11) is 0. The molecule has 0 unspecified atom stereocenters. The average Bonchev–Trinajstić information content (AvgIpc) is 3.37. The fourth-order valence-electron chi connectivity index (χ4n) is 3.72. The molecule has 5 rings (SSSR count). The molecule has 3 aliphatic heterocycles. The van der Waals surface area contributed by atoms with Crippen molar-refractivity contribution in [2.24, 2.45) is 0 Å². The minimum Gasteiger partial charge on any atom is -0.486 e. The zero-order valence-corrected chi connectivity index (χ0v) is 16.2. The molecule has 30 heavy (non-hydrogen) atoms. The van der Waals surface area contributed by atoms with E-state index in [-0.39, 0.29) is 31.2 Å². The zero-order valence-electron chi connectivity index (χ0n) is 16.2. The van der Waals surface area contributed by atoms with E-state index in [4.69, 9.17) is 18.9 Å². The standard InChI is InChI=1S/C21H21N3O6/c25-20-8-14(11-24(20)15-2-4-16-19(9-15)28-6-5-27-16)23-21(26)22-10-13-1-3-17-18(7-13)30-12-29-17/h1-4,7,9,14H,5-6,8,10-12H2,(H2,22,23,26)/t14-/m0/s1. The lowest BCUT2D eigenvalue weighted by Gasteiger charge is -2.22. The monoisotopic (exact) mass is 411 g/mol. The smallest absolute Gasteiger partial charge is 0.315 e. The van der Waals surface area contributed by atoms with Crippen LogP contribution in [0.4, 0.5) is 10.5 Å². The van der Waals surface area contributed by atoms with E-state index >= 15 is 0 Å². The maximum atomic E-state index is 12.5. The fraction of sp³-hybridized carbons (Fsp3) is 0.333. The molecule has 0 spiro atoms. The van der Waals surface area contributed by atoms with Crippen molar-refractivity contribution in [2.45, 2.75) is 19.0 Å². The quantitative estimate of drug-likeness (QED) is 0.796. The van der Waals surface area contributed by atoms with Gasteiger partial charge in [0.15, 0.2) is 23.0 Å². The molecular formula is C21H21N3O6. The van der Waals surface area contributed by atoms with Gasteiger partial charge in [-0.2, -0.15) is 0 Å². The van der Waals surface area contributed by atoms with Gasteiger partial charge < -0.3 is 34.5 Å². The normalized spacial score (nSPS) is 19.0. The number of rotatable bonds is 4. The van der Waals surface area contributed by atoms with Crippen molar-refractivity contribution in [3.05, 3.63) is 42.0 Å². The Morgan fingerprint density at radius 1 is 0.967 bits per heavy atom. The molecule has 2 aromatic rings. The molecular weight excluding hydrogens is 390 g/mol. The van der Waals surface area contributed by atoms with Crippen molar-refractivity contribution < 1.29 is 28.5 Å². The lowest BCUT2D eigenvalue weighted by Crippen LogP contribution is -2.43. The van der Waals surface area contributed by atoms with E-state index in [1.807, 2.05) is 24.3 Å². The van der Waals surface area contributed by atoms with Crippen LogP contribution in [0.5, 0.6) is 23.0 Å². The Kier molecular flexibility index (Phi) is 4.70. The summed E-state index contributed by atoms with van der Waals surface area (Å²) in [5.41, 5.74) is 1.63. The molecule has 0 saturated carbocycles. The Morgan fingerprint density at radius 3 is 2.60 bits per heavy atom. The van der Waals surface area contributed by atoms with Crippen molar-refractivity contribution in [1.29, 1.82) is 0 Å². The first-order valence-electron chi connectivity index (χ1n) is 9.78. The van der Waals surface area contributed by atoms with Crippen LogP contribution in [0.15, 0.2) is 36.4 Å². The van der Waals surface area contributed by atoms with E-state index in [2.05, 4.69) is 10.6 Å². The molecule has 1 atom stereocenters. The van der Waals surface area contributed by atoms with Gasteiger partial charge in [-0.3, -0.25) is 4.79 Å². The molecule has 0 aliphatic carbocycles. The summed E-state index contributed by atoms with van der Waals surface area (Å²) in [6.45, 7) is 1.95. The van der Waals surface area contributed by atoms with Gasteiger partial charge in [-0.15, -0.1) is 0 Å². The van der Waals surface area contributed by atoms with Crippen LogP contribution < -0.4 is 34.5 Å². The third-order valence-corrected chi connectivity index (χ3v) is 5.19. The Labute approximate surface area is 172 Å². The number of hydrogen-bond acceptors (Lipinski definition) is 6. The molecule has 156 valence electrons. The van der Waals surface area contributed by atoms with Crippen molar-refractivity contribution >= 4 is 17.6 Å². The van der Waals surface area contributed by atoms with Crippen LogP contribution in [0.25, 0.3) is 0 Å². The number of carbonyl (C=O) groups is 2. The summed E-state index contributed by atoms with van der Waals surface area (Å²) in [4.78, 5) is 26.4. The summed E-state index contributed by atoms with van der Waals surface area (Å²) in [6.07, 6.45) is 0.242. The number of carbonyl (C=O) groups excluding carboxylic acids is 2. The zero-order chi connectivity index (χ0) is 20.5. The molecule has 3 heterocycles. The van der Waals surface area contributed by atoms with Crippen LogP contribution in [0, 0.1) is 0 Å². The number of benzene rings is 2. The molecule has 1 fully saturated rings. The van der Waals surface area contributed by atoms with Gasteiger partial charge in [0.1, 0.15) is 13.2 Å². The summed E-state index contributed by atoms with van der Waals surface area (Å²) in [5, 5.41) is 5.68. The van der Waals surface area contributed by atoms with Gasteiger partial charge >= 0.3 is 6.03 Å². The Morgan fingerprint density at radius 2 is 1.70 bits per heavy atom. The lowest BCUT2D eigenvalue weighted by atomic mass is 10.2. The van der Waals surface area contributed by atoms with Crippen molar-refractivity contribution in [3.63, 3.8) is 0 Å². The van der Waals surface area contributed by atoms with Gasteiger partial charge in [0.2, 0.25) is 12.7 Å². The van der Waals surface area contributed by atoms with Crippen LogP contribution in [0.2, 0.25) is 0 Å². The van der Waals surface area contributed by atoms with Crippen LogP contribution >= 0.6 is 0 Å². The third-order valence-electron chi connectivity index (χ3n) is 5.19. The van der Waals surface area contributed by atoms with Gasteiger partial charge in [-0.1, -0.05) is 6.07 Å². The van der Waals surface area contributed by atoms with E-state index in [1.165, 1.54) is 0 Å². The first-order chi connectivity index (χ1) is 14.7. The molecule has 0 aromatic heterocycles. The topological polar surface area (TPSA) is 98.4 Å². The molecule has 0 bridgehead atoms. The molecule has 3 aliphatic rings. The molecule has 2 N–H and O–H groups in total. The number of hydrogen-bond donors (Lipinski definition) is 2. The minimum atomic E-state index is -0.325. The molecule has 0 radical (unpaired) electrons. The maximum Gasteiger partial charge on any atom is 0.315 e. The molecule has 9 heteroatoms. The van der Waals surface area contributed by atoms with Crippen LogP contribution in [-0.2, 0) is 11.3 Å². The predicted octanol–water partition coefficient (Wildman–Crippen LogP) is 1.79. The molecule has 1 saturated heterocycles. The Balaban J connectivity index is 1.16. The highest BCUT2D eigenvalue weighted by atomic mass is 16.7. The number of fused-ring (bicyclic) bond motifs is 2. The first-order valence-corrected chi connectivity index (χ1v) is 9.78. The SMILES string of the molecule is O=C(NCc1ccc2c(c1)OCO2)N[C@H]1CC(=O)N(c2ccc3c(c2)OCCO3)C1. The van der Waals surface area contributed by atoms with Crippen LogP contribution in [0.1, 0.15) is 12.0 Å². The van der Waals surface area contributed by atoms with Crippen molar-refractivity contribution in [2.75, 3.05) is 31.5 Å². The number of urea groups is 1. The summed E-state index contributed by atoms with van der Waals surface area (Å²) >= 11 is 0. The number of nitrogens with zero attached hydrogens (tertiary/aromatic N) is 1. The van der Waals surface area contributed by atoms with Gasteiger partial charge in [0.05, 0.1) is 6.04 Å². The maximum absolute atomic E-state index is 12.5. The number of ether oxygens (including phenoxy) is 4. The van der Waals surface area contributed by atoms with E-state index in [9.17, 15) is 9.59 Å². The third kappa shape index (κ3) is 3.66. The van der Waals surface area contributed by atoms with Crippen molar-refractivity contribution in [1.82, 2.24) is 10.6 Å². The number of anilines is 1. The lowest BCUT2D eigenvalue weighted by molar-refractivity contribution is -0.117. The van der Waals surface area contributed by atoms with Gasteiger partial charge in [0, 0.05) is 31.3 Å². The molecule has 2 aromatic carbocycles. The summed E-state index contributed by atoms with van der Waals surface area (Å²) in [6, 6.07) is 10.4. The predicted molar refractivity (Wildman–Crippen MR) is 106 cm³/mol. The van der Waals surface area contributed by atoms with Crippen LogP contribution in [0.3, 0.4) is 0 Å². The van der Waals surface area contributed by atoms with Gasteiger partial charge in [0.25, 0.3) is 0 Å². The fourth-order valence-corrected chi connectivity index (χ4v) is 3.72. The largest absolute Gasteiger partial charge is 0.486 e.